The maximum absolute atomic E-state index is 11.1. The van der Waals surface area contributed by atoms with Gasteiger partial charge in [-0.05, 0) is 38.0 Å². The van der Waals surface area contributed by atoms with E-state index in [9.17, 15) is 5.11 Å². The lowest BCUT2D eigenvalue weighted by Gasteiger charge is -2.43. The quantitative estimate of drug-likeness (QED) is 0.235. The number of aliphatic hydroxyl groups is 1. The number of rotatable bonds is 7. The van der Waals surface area contributed by atoms with Crippen LogP contribution in [0.5, 0.6) is 0 Å². The topological polar surface area (TPSA) is 81.4 Å². The van der Waals surface area contributed by atoms with E-state index in [0.717, 1.165) is 20.4 Å². The Morgan fingerprint density at radius 3 is 2.27 bits per heavy atom. The predicted octanol–water partition coefficient (Wildman–Crippen LogP) is 4.30. The van der Waals surface area contributed by atoms with Crippen molar-refractivity contribution < 1.29 is 14.3 Å². The van der Waals surface area contributed by atoms with E-state index in [1.54, 1.807) is 6.33 Å². The SMILES string of the molecule is CNc1ncnc2c1c(I)cn2[C@H]1CC(O)[C@@H](CO[Si](c2ccccc2)(c2ccccc2)C(C)(C)C)O1. The Labute approximate surface area is 232 Å². The van der Waals surface area contributed by atoms with Crippen molar-refractivity contribution in [2.24, 2.45) is 0 Å². The average molecular weight is 629 g/mol. The third-order valence-corrected chi connectivity index (χ3v) is 13.0. The molecule has 2 aromatic heterocycles. The van der Waals surface area contributed by atoms with Gasteiger partial charge >= 0.3 is 0 Å². The normalized spacial score (nSPS) is 20.4. The molecule has 3 atom stereocenters. The minimum Gasteiger partial charge on any atom is -0.405 e. The zero-order chi connectivity index (χ0) is 26.2. The molecule has 4 aromatic rings. The van der Waals surface area contributed by atoms with Crippen molar-refractivity contribution in [1.29, 1.82) is 0 Å². The van der Waals surface area contributed by atoms with Gasteiger partial charge in [-0.15, -0.1) is 0 Å². The van der Waals surface area contributed by atoms with Crippen LogP contribution in [0.25, 0.3) is 11.0 Å². The second-order valence-electron chi connectivity index (χ2n) is 10.5. The first kappa shape index (κ1) is 26.3. The molecule has 0 aliphatic carbocycles. The Hall–Kier alpha value is -2.31. The van der Waals surface area contributed by atoms with Crippen LogP contribution in [-0.4, -0.2) is 53.8 Å². The number of aromatic nitrogens is 3. The molecule has 0 radical (unpaired) electrons. The van der Waals surface area contributed by atoms with E-state index in [-0.39, 0.29) is 11.3 Å². The predicted molar refractivity (Wildman–Crippen MR) is 158 cm³/mol. The van der Waals surface area contributed by atoms with Gasteiger partial charge in [0.2, 0.25) is 0 Å². The summed E-state index contributed by atoms with van der Waals surface area (Å²) in [6.45, 7) is 7.06. The van der Waals surface area contributed by atoms with Gasteiger partial charge in [0.25, 0.3) is 8.32 Å². The molecule has 0 amide bonds. The van der Waals surface area contributed by atoms with Crippen LogP contribution in [0.2, 0.25) is 5.04 Å². The summed E-state index contributed by atoms with van der Waals surface area (Å²) in [5, 5.41) is 17.5. The monoisotopic (exact) mass is 628 g/mol. The lowest BCUT2D eigenvalue weighted by molar-refractivity contribution is -0.0397. The van der Waals surface area contributed by atoms with Gasteiger partial charge in [0.05, 0.1) is 18.1 Å². The Morgan fingerprint density at radius 1 is 1.08 bits per heavy atom. The molecule has 1 aliphatic rings. The van der Waals surface area contributed by atoms with Crippen LogP contribution < -0.4 is 15.7 Å². The van der Waals surface area contributed by atoms with Crippen molar-refractivity contribution in [2.45, 2.75) is 50.7 Å². The largest absolute Gasteiger partial charge is 0.405 e. The first-order valence-electron chi connectivity index (χ1n) is 12.5. The van der Waals surface area contributed by atoms with E-state index in [1.165, 1.54) is 10.4 Å². The molecule has 0 bridgehead atoms. The van der Waals surface area contributed by atoms with Crippen molar-refractivity contribution in [3.63, 3.8) is 0 Å². The van der Waals surface area contributed by atoms with Gasteiger partial charge in [0.15, 0.2) is 0 Å². The fourth-order valence-electron chi connectivity index (χ4n) is 5.45. The number of anilines is 1. The molecule has 194 valence electrons. The Morgan fingerprint density at radius 2 is 1.70 bits per heavy atom. The van der Waals surface area contributed by atoms with Crippen LogP contribution in [0.4, 0.5) is 5.82 Å². The van der Waals surface area contributed by atoms with E-state index in [1.807, 2.05) is 29.9 Å². The Balaban J connectivity index is 1.46. The summed E-state index contributed by atoms with van der Waals surface area (Å²) in [7, 11) is -0.877. The van der Waals surface area contributed by atoms with Crippen molar-refractivity contribution in [1.82, 2.24) is 14.5 Å². The van der Waals surface area contributed by atoms with Crippen molar-refractivity contribution in [3.05, 3.63) is 76.8 Å². The van der Waals surface area contributed by atoms with Crippen LogP contribution in [0.1, 0.15) is 33.4 Å². The molecule has 5 rings (SSSR count). The van der Waals surface area contributed by atoms with E-state index in [2.05, 4.69) is 107 Å². The molecule has 0 spiro atoms. The third kappa shape index (κ3) is 4.72. The van der Waals surface area contributed by atoms with Crippen LogP contribution in [0.3, 0.4) is 0 Å². The van der Waals surface area contributed by atoms with Gasteiger partial charge in [-0.2, -0.15) is 0 Å². The molecule has 2 N–H and O–H groups in total. The van der Waals surface area contributed by atoms with E-state index in [0.29, 0.717) is 13.0 Å². The van der Waals surface area contributed by atoms with Gasteiger partial charge in [-0.3, -0.25) is 0 Å². The van der Waals surface area contributed by atoms with E-state index >= 15 is 0 Å². The van der Waals surface area contributed by atoms with Gasteiger partial charge in [-0.25, -0.2) is 9.97 Å². The number of ether oxygens (including phenoxy) is 1. The zero-order valence-electron chi connectivity index (χ0n) is 21.6. The summed E-state index contributed by atoms with van der Waals surface area (Å²) in [6, 6.07) is 21.1. The molecule has 2 aromatic carbocycles. The van der Waals surface area contributed by atoms with Crippen LogP contribution in [-0.2, 0) is 9.16 Å². The summed E-state index contributed by atoms with van der Waals surface area (Å²) in [5.74, 6) is 0.776. The first-order chi connectivity index (χ1) is 17.8. The van der Waals surface area contributed by atoms with Crippen LogP contribution >= 0.6 is 22.6 Å². The lowest BCUT2D eigenvalue weighted by Crippen LogP contribution is -2.67. The molecule has 7 nitrogen and oxygen atoms in total. The fraction of sp³-hybridized carbons (Fsp3) is 0.357. The lowest BCUT2D eigenvalue weighted by atomic mass is 10.2. The average Bonchev–Trinajstić information content (AvgIpc) is 3.44. The summed E-state index contributed by atoms with van der Waals surface area (Å²) >= 11 is 2.30. The number of hydrogen-bond donors (Lipinski definition) is 2. The molecule has 1 saturated heterocycles. The van der Waals surface area contributed by atoms with Gasteiger partial charge in [0.1, 0.15) is 30.1 Å². The summed E-state index contributed by atoms with van der Waals surface area (Å²) in [4.78, 5) is 8.87. The fourth-order valence-corrected chi connectivity index (χ4v) is 10.8. The minimum atomic E-state index is -2.73. The Bertz CT molecular complexity index is 1320. The second-order valence-corrected chi connectivity index (χ2v) is 15.9. The number of benzene rings is 2. The molecule has 1 unspecified atom stereocenters. The highest BCUT2D eigenvalue weighted by Crippen LogP contribution is 2.39. The summed E-state index contributed by atoms with van der Waals surface area (Å²) in [6.07, 6.45) is 2.59. The number of hydrogen-bond acceptors (Lipinski definition) is 6. The minimum absolute atomic E-state index is 0.147. The van der Waals surface area contributed by atoms with Crippen LogP contribution in [0, 0.1) is 3.57 Å². The Kier molecular flexibility index (Phi) is 7.43. The highest BCUT2D eigenvalue weighted by Gasteiger charge is 2.51. The molecule has 0 saturated carbocycles. The van der Waals surface area contributed by atoms with Gasteiger partial charge in [-0.1, -0.05) is 81.4 Å². The highest BCUT2D eigenvalue weighted by atomic mass is 127. The smallest absolute Gasteiger partial charge is 0.261 e. The molecular weight excluding hydrogens is 595 g/mol. The molecule has 1 aliphatic heterocycles. The molecule has 1 fully saturated rings. The van der Waals surface area contributed by atoms with Gasteiger partial charge < -0.3 is 24.2 Å². The molecule has 37 heavy (non-hydrogen) atoms. The number of halogens is 1. The van der Waals surface area contributed by atoms with Crippen molar-refractivity contribution in [2.75, 3.05) is 19.0 Å². The maximum atomic E-state index is 11.1. The number of aliphatic hydroxyl groups excluding tert-OH is 1. The molecular formula is C28H33IN4O3Si. The van der Waals surface area contributed by atoms with Crippen LogP contribution in [0.15, 0.2) is 73.2 Å². The highest BCUT2D eigenvalue weighted by molar-refractivity contribution is 14.1. The summed E-state index contributed by atoms with van der Waals surface area (Å²) in [5.41, 5.74) is 0.787. The zero-order valence-corrected chi connectivity index (χ0v) is 24.7. The van der Waals surface area contributed by atoms with Crippen molar-refractivity contribution in [3.8, 4) is 0 Å². The molecule has 3 heterocycles. The van der Waals surface area contributed by atoms with Crippen molar-refractivity contribution >= 4 is 58.1 Å². The number of nitrogens with zero attached hydrogens (tertiary/aromatic N) is 3. The van der Waals surface area contributed by atoms with E-state index in [4.69, 9.17) is 9.16 Å². The summed E-state index contributed by atoms with van der Waals surface area (Å²) < 4.78 is 16.5. The first-order valence-corrected chi connectivity index (χ1v) is 15.5. The number of fused-ring (bicyclic) bond motifs is 1. The third-order valence-electron chi connectivity index (χ3n) is 7.20. The van der Waals surface area contributed by atoms with E-state index < -0.39 is 20.5 Å². The van der Waals surface area contributed by atoms with Gasteiger partial charge in [0, 0.05) is 23.2 Å². The maximum Gasteiger partial charge on any atom is 0.261 e. The molecule has 9 heteroatoms. The second kappa shape index (κ2) is 10.5. The standard InChI is InChI=1S/C28H33IN4O3Si/c1-28(2,3)37(19-11-7-5-8-12-19,20-13-9-6-10-14-20)35-17-23-22(34)15-24(36-23)33-16-21(29)25-26(30-4)31-18-32-27(25)33/h5-14,16,18,22-24,34H,15,17H2,1-4H3,(H,30,31,32)/t22?,23-,24-/m1/s1. The number of nitrogens with one attached hydrogen (secondary N) is 1.